The SMILES string of the molecule is COc1ccc2c(OC3CCNC3)nccc2c1. The second kappa shape index (κ2) is 4.82. The average molecular weight is 244 g/mol. The van der Waals surface area contributed by atoms with Gasteiger partial charge in [-0.3, -0.25) is 0 Å². The van der Waals surface area contributed by atoms with Crippen molar-refractivity contribution in [3.8, 4) is 11.6 Å². The number of pyridine rings is 1. The number of methoxy groups -OCH3 is 1. The minimum atomic E-state index is 0.227. The van der Waals surface area contributed by atoms with E-state index < -0.39 is 0 Å². The third-order valence-corrected chi connectivity index (χ3v) is 3.23. The van der Waals surface area contributed by atoms with E-state index in [-0.39, 0.29) is 6.10 Å². The summed E-state index contributed by atoms with van der Waals surface area (Å²) < 4.78 is 11.2. The van der Waals surface area contributed by atoms with Crippen LogP contribution < -0.4 is 14.8 Å². The zero-order chi connectivity index (χ0) is 12.4. The Bertz CT molecular complexity index is 550. The molecule has 1 fully saturated rings. The number of fused-ring (bicyclic) bond motifs is 1. The van der Waals surface area contributed by atoms with Crippen LogP contribution in [0.2, 0.25) is 0 Å². The number of aromatic nitrogens is 1. The first-order chi connectivity index (χ1) is 8.86. The molecule has 2 aromatic rings. The minimum absolute atomic E-state index is 0.227. The molecule has 3 rings (SSSR count). The Kier molecular flexibility index (Phi) is 3.02. The normalized spacial score (nSPS) is 19.1. The van der Waals surface area contributed by atoms with Gasteiger partial charge in [-0.1, -0.05) is 0 Å². The van der Waals surface area contributed by atoms with Crippen LogP contribution in [0.25, 0.3) is 10.8 Å². The standard InChI is InChI=1S/C14H16N2O2/c1-17-11-2-3-13-10(8-11)4-7-16-14(13)18-12-5-6-15-9-12/h2-4,7-8,12,15H,5-6,9H2,1H3. The van der Waals surface area contributed by atoms with E-state index in [1.54, 1.807) is 13.3 Å². The van der Waals surface area contributed by atoms with Crippen molar-refractivity contribution in [2.45, 2.75) is 12.5 Å². The lowest BCUT2D eigenvalue weighted by Gasteiger charge is -2.13. The first-order valence-corrected chi connectivity index (χ1v) is 6.17. The first-order valence-electron chi connectivity index (χ1n) is 6.17. The fourth-order valence-corrected chi connectivity index (χ4v) is 2.24. The molecule has 0 spiro atoms. The Labute approximate surface area is 106 Å². The highest BCUT2D eigenvalue weighted by atomic mass is 16.5. The summed E-state index contributed by atoms with van der Waals surface area (Å²) in [5.41, 5.74) is 0. The molecule has 0 aliphatic carbocycles. The molecule has 4 nitrogen and oxygen atoms in total. The summed E-state index contributed by atoms with van der Waals surface area (Å²) >= 11 is 0. The van der Waals surface area contributed by atoms with E-state index in [0.717, 1.165) is 36.0 Å². The molecule has 2 heterocycles. The van der Waals surface area contributed by atoms with Gasteiger partial charge in [0.1, 0.15) is 11.9 Å². The molecule has 94 valence electrons. The third kappa shape index (κ3) is 2.11. The third-order valence-electron chi connectivity index (χ3n) is 3.23. The number of nitrogens with zero attached hydrogens (tertiary/aromatic N) is 1. The molecule has 1 aliphatic rings. The van der Waals surface area contributed by atoms with Crippen molar-refractivity contribution in [1.82, 2.24) is 10.3 Å². The van der Waals surface area contributed by atoms with E-state index >= 15 is 0 Å². The van der Waals surface area contributed by atoms with Gasteiger partial charge in [-0.25, -0.2) is 4.98 Å². The highest BCUT2D eigenvalue weighted by Crippen LogP contribution is 2.27. The van der Waals surface area contributed by atoms with Crippen molar-refractivity contribution < 1.29 is 9.47 Å². The molecular formula is C14H16N2O2. The monoisotopic (exact) mass is 244 g/mol. The van der Waals surface area contributed by atoms with Crippen molar-refractivity contribution in [2.24, 2.45) is 0 Å². The van der Waals surface area contributed by atoms with Crippen LogP contribution in [0.5, 0.6) is 11.6 Å². The molecule has 0 bridgehead atoms. The Balaban J connectivity index is 1.95. The summed E-state index contributed by atoms with van der Waals surface area (Å²) in [6, 6.07) is 7.90. The van der Waals surface area contributed by atoms with Gasteiger partial charge in [-0.2, -0.15) is 0 Å². The molecule has 0 radical (unpaired) electrons. The van der Waals surface area contributed by atoms with Gasteiger partial charge in [0.15, 0.2) is 0 Å². The lowest BCUT2D eigenvalue weighted by atomic mass is 10.1. The Hall–Kier alpha value is -1.81. The maximum absolute atomic E-state index is 5.95. The van der Waals surface area contributed by atoms with Crippen LogP contribution in [-0.4, -0.2) is 31.3 Å². The van der Waals surface area contributed by atoms with Gasteiger partial charge < -0.3 is 14.8 Å². The van der Waals surface area contributed by atoms with Crippen LogP contribution in [0.4, 0.5) is 0 Å². The van der Waals surface area contributed by atoms with Gasteiger partial charge in [0.2, 0.25) is 5.88 Å². The average Bonchev–Trinajstić information content (AvgIpc) is 2.91. The maximum atomic E-state index is 5.95. The minimum Gasteiger partial charge on any atom is -0.497 e. The molecule has 1 atom stereocenters. The predicted octanol–water partition coefficient (Wildman–Crippen LogP) is 1.98. The lowest BCUT2D eigenvalue weighted by Crippen LogP contribution is -2.20. The second-order valence-electron chi connectivity index (χ2n) is 4.44. The van der Waals surface area contributed by atoms with Gasteiger partial charge in [0.25, 0.3) is 0 Å². The van der Waals surface area contributed by atoms with Gasteiger partial charge in [0.05, 0.1) is 7.11 Å². The Morgan fingerprint density at radius 3 is 3.06 bits per heavy atom. The smallest absolute Gasteiger partial charge is 0.221 e. The molecule has 1 aromatic carbocycles. The van der Waals surface area contributed by atoms with Crippen LogP contribution in [0.3, 0.4) is 0 Å². The van der Waals surface area contributed by atoms with E-state index in [4.69, 9.17) is 9.47 Å². The molecule has 1 N–H and O–H groups in total. The number of hydrogen-bond acceptors (Lipinski definition) is 4. The quantitative estimate of drug-likeness (QED) is 0.896. The summed E-state index contributed by atoms with van der Waals surface area (Å²) in [5, 5.41) is 5.41. The highest BCUT2D eigenvalue weighted by molar-refractivity contribution is 5.87. The Morgan fingerprint density at radius 1 is 1.33 bits per heavy atom. The summed E-state index contributed by atoms with van der Waals surface area (Å²) in [5.74, 6) is 1.56. The van der Waals surface area contributed by atoms with Crippen LogP contribution >= 0.6 is 0 Å². The molecule has 1 unspecified atom stereocenters. The van der Waals surface area contributed by atoms with Crippen molar-refractivity contribution in [2.75, 3.05) is 20.2 Å². The molecule has 18 heavy (non-hydrogen) atoms. The summed E-state index contributed by atoms with van der Waals surface area (Å²) in [4.78, 5) is 4.34. The van der Waals surface area contributed by atoms with Gasteiger partial charge in [-0.05, 0) is 42.6 Å². The van der Waals surface area contributed by atoms with Crippen molar-refractivity contribution >= 4 is 10.8 Å². The van der Waals surface area contributed by atoms with E-state index in [2.05, 4.69) is 10.3 Å². The summed E-state index contributed by atoms with van der Waals surface area (Å²) in [6.07, 6.45) is 3.04. The molecule has 1 aliphatic heterocycles. The number of hydrogen-bond donors (Lipinski definition) is 1. The van der Waals surface area contributed by atoms with Crippen LogP contribution in [0, 0.1) is 0 Å². The topological polar surface area (TPSA) is 43.4 Å². The maximum Gasteiger partial charge on any atom is 0.221 e. The number of nitrogens with one attached hydrogen (secondary N) is 1. The van der Waals surface area contributed by atoms with E-state index in [0.29, 0.717) is 5.88 Å². The van der Waals surface area contributed by atoms with E-state index in [1.807, 2.05) is 24.3 Å². The fraction of sp³-hybridized carbons (Fsp3) is 0.357. The predicted molar refractivity (Wildman–Crippen MR) is 70.2 cm³/mol. The first kappa shape index (κ1) is 11.3. The molecule has 0 saturated carbocycles. The van der Waals surface area contributed by atoms with Gasteiger partial charge >= 0.3 is 0 Å². The van der Waals surface area contributed by atoms with Crippen LogP contribution in [0.15, 0.2) is 30.5 Å². The molecular weight excluding hydrogens is 228 g/mol. The van der Waals surface area contributed by atoms with Crippen LogP contribution in [0.1, 0.15) is 6.42 Å². The lowest BCUT2D eigenvalue weighted by molar-refractivity contribution is 0.217. The summed E-state index contributed by atoms with van der Waals surface area (Å²) in [7, 11) is 1.67. The largest absolute Gasteiger partial charge is 0.497 e. The van der Waals surface area contributed by atoms with Crippen molar-refractivity contribution in [3.63, 3.8) is 0 Å². The fourth-order valence-electron chi connectivity index (χ4n) is 2.24. The van der Waals surface area contributed by atoms with Gasteiger partial charge in [0, 0.05) is 18.1 Å². The van der Waals surface area contributed by atoms with E-state index in [1.165, 1.54) is 0 Å². The summed E-state index contributed by atoms with van der Waals surface area (Å²) in [6.45, 7) is 1.91. The number of rotatable bonds is 3. The zero-order valence-electron chi connectivity index (χ0n) is 10.3. The Morgan fingerprint density at radius 2 is 2.28 bits per heavy atom. The molecule has 4 heteroatoms. The van der Waals surface area contributed by atoms with Gasteiger partial charge in [-0.15, -0.1) is 0 Å². The molecule has 0 amide bonds. The van der Waals surface area contributed by atoms with E-state index in [9.17, 15) is 0 Å². The molecule has 1 saturated heterocycles. The molecule has 1 aromatic heterocycles. The van der Waals surface area contributed by atoms with Crippen LogP contribution in [-0.2, 0) is 0 Å². The second-order valence-corrected chi connectivity index (χ2v) is 4.44. The number of ether oxygens (including phenoxy) is 2. The zero-order valence-corrected chi connectivity index (χ0v) is 10.3. The number of benzene rings is 1. The highest BCUT2D eigenvalue weighted by Gasteiger charge is 2.17. The van der Waals surface area contributed by atoms with Crippen molar-refractivity contribution in [1.29, 1.82) is 0 Å². The van der Waals surface area contributed by atoms with Crippen molar-refractivity contribution in [3.05, 3.63) is 30.5 Å².